The fourth-order valence-electron chi connectivity index (χ4n) is 4.83. The molecule has 32 heavy (non-hydrogen) atoms. The molecule has 3 aliphatic rings. The van der Waals surface area contributed by atoms with E-state index < -0.39 is 4.92 Å². The molecular formula is C23H18ClN3O5. The number of allylic oxidation sites excluding steroid dienone is 2. The third-order valence-corrected chi connectivity index (χ3v) is 6.68. The monoisotopic (exact) mass is 451 g/mol. The van der Waals surface area contributed by atoms with Crippen LogP contribution in [0.2, 0.25) is 5.02 Å². The van der Waals surface area contributed by atoms with Gasteiger partial charge in [0.05, 0.1) is 23.0 Å². The van der Waals surface area contributed by atoms with E-state index in [9.17, 15) is 19.7 Å². The van der Waals surface area contributed by atoms with Crippen molar-refractivity contribution < 1.29 is 19.2 Å². The Morgan fingerprint density at radius 3 is 2.44 bits per heavy atom. The minimum Gasteiger partial charge on any atom is -0.481 e. The average molecular weight is 452 g/mol. The second-order valence-corrected chi connectivity index (χ2v) is 8.47. The van der Waals surface area contributed by atoms with Crippen LogP contribution < -0.4 is 4.74 Å². The molecule has 8 nitrogen and oxygen atoms in total. The summed E-state index contributed by atoms with van der Waals surface area (Å²) in [5.41, 5.74) is 0.695. The van der Waals surface area contributed by atoms with Gasteiger partial charge in [-0.25, -0.2) is 0 Å². The minimum atomic E-state index is -0.556. The summed E-state index contributed by atoms with van der Waals surface area (Å²) in [5, 5.41) is 17.1. The van der Waals surface area contributed by atoms with E-state index in [0.29, 0.717) is 10.6 Å². The van der Waals surface area contributed by atoms with Gasteiger partial charge in [0.1, 0.15) is 6.61 Å². The molecule has 0 spiro atoms. The van der Waals surface area contributed by atoms with Gasteiger partial charge in [-0.2, -0.15) is 10.1 Å². The Bertz CT molecular complexity index is 1160. The lowest BCUT2D eigenvalue weighted by atomic mass is 9.85. The van der Waals surface area contributed by atoms with Crippen LogP contribution in [-0.2, 0) is 16.2 Å². The van der Waals surface area contributed by atoms with Crippen LogP contribution in [-0.4, -0.2) is 28.0 Å². The summed E-state index contributed by atoms with van der Waals surface area (Å²) in [7, 11) is 0. The normalized spacial score (nSPS) is 25.7. The van der Waals surface area contributed by atoms with E-state index in [2.05, 4.69) is 5.10 Å². The molecule has 4 atom stereocenters. The number of imide groups is 1. The SMILES string of the molecule is O=C1[C@@H]2[C@H](C(=O)N1N=Cc1cccc([N+](=O)[O-])c1OCc1ccccc1Cl)[C@H]1C=C[C@H]2C1. The van der Waals surface area contributed by atoms with E-state index in [0.717, 1.165) is 11.4 Å². The molecule has 2 bridgehead atoms. The van der Waals surface area contributed by atoms with Crippen molar-refractivity contribution in [1.29, 1.82) is 0 Å². The van der Waals surface area contributed by atoms with Crippen molar-refractivity contribution >= 4 is 35.3 Å². The van der Waals surface area contributed by atoms with Gasteiger partial charge in [-0.3, -0.25) is 19.7 Å². The lowest BCUT2D eigenvalue weighted by molar-refractivity contribution is -0.385. The van der Waals surface area contributed by atoms with Gasteiger partial charge >= 0.3 is 5.69 Å². The Balaban J connectivity index is 1.42. The van der Waals surface area contributed by atoms with E-state index in [4.69, 9.17) is 16.3 Å². The average Bonchev–Trinajstić information content (AvgIpc) is 3.46. The van der Waals surface area contributed by atoms with Gasteiger partial charge in [0, 0.05) is 22.2 Å². The molecule has 2 aliphatic carbocycles. The molecule has 162 valence electrons. The predicted molar refractivity (Wildman–Crippen MR) is 116 cm³/mol. The van der Waals surface area contributed by atoms with Gasteiger partial charge in [0.15, 0.2) is 0 Å². The number of hydrazone groups is 1. The van der Waals surface area contributed by atoms with Crippen molar-refractivity contribution in [3.63, 3.8) is 0 Å². The molecule has 0 radical (unpaired) electrons. The number of ether oxygens (including phenoxy) is 1. The molecule has 2 fully saturated rings. The first-order valence-corrected chi connectivity index (χ1v) is 10.6. The van der Waals surface area contributed by atoms with Gasteiger partial charge in [0.2, 0.25) is 5.75 Å². The number of carbonyl (C=O) groups excluding carboxylic acids is 2. The number of carbonyl (C=O) groups is 2. The molecule has 2 aromatic rings. The van der Waals surface area contributed by atoms with Crippen LogP contribution in [0, 0.1) is 33.8 Å². The smallest absolute Gasteiger partial charge is 0.311 e. The van der Waals surface area contributed by atoms with Crippen LogP contribution >= 0.6 is 11.6 Å². The summed E-state index contributed by atoms with van der Waals surface area (Å²) in [4.78, 5) is 36.6. The summed E-state index contributed by atoms with van der Waals surface area (Å²) in [6, 6.07) is 11.4. The third-order valence-electron chi connectivity index (χ3n) is 6.31. The summed E-state index contributed by atoms with van der Waals surface area (Å²) in [5.74, 6) is -1.23. The lowest BCUT2D eigenvalue weighted by Gasteiger charge is -2.13. The van der Waals surface area contributed by atoms with E-state index in [-0.39, 0.29) is 59.1 Å². The molecule has 9 heteroatoms. The Labute approximate surface area is 188 Å². The predicted octanol–water partition coefficient (Wildman–Crippen LogP) is 3.97. The number of hydrogen-bond donors (Lipinski definition) is 0. The fourth-order valence-corrected chi connectivity index (χ4v) is 5.02. The summed E-state index contributed by atoms with van der Waals surface area (Å²) >= 11 is 6.16. The highest BCUT2D eigenvalue weighted by atomic mass is 35.5. The number of nitro groups is 1. The largest absolute Gasteiger partial charge is 0.481 e. The quantitative estimate of drug-likeness (QED) is 0.217. The standard InChI is InChI=1S/C23H18ClN3O5/c24-17-6-2-1-4-16(17)12-32-21-15(5-3-7-18(21)27(30)31)11-25-26-22(28)19-13-8-9-14(10-13)20(19)23(26)29/h1-9,11,13-14,19-20H,10,12H2/t13-,14-,19-,20+/m0/s1. The molecule has 2 aromatic carbocycles. The molecule has 2 amide bonds. The second kappa shape index (κ2) is 7.87. The van der Waals surface area contributed by atoms with Gasteiger partial charge in [-0.05, 0) is 30.4 Å². The Kier molecular flexibility index (Phi) is 5.01. The van der Waals surface area contributed by atoms with Crippen LogP contribution in [0.1, 0.15) is 17.5 Å². The van der Waals surface area contributed by atoms with E-state index in [1.807, 2.05) is 12.2 Å². The van der Waals surface area contributed by atoms with Crippen LogP contribution in [0.25, 0.3) is 0 Å². The number of rotatable bonds is 6. The molecule has 1 aliphatic heterocycles. The van der Waals surface area contributed by atoms with Gasteiger partial charge in [-0.15, -0.1) is 0 Å². The molecule has 0 aromatic heterocycles. The Morgan fingerprint density at radius 1 is 1.09 bits per heavy atom. The number of hydrogen-bond acceptors (Lipinski definition) is 6. The Morgan fingerprint density at radius 2 is 1.78 bits per heavy atom. The molecule has 5 rings (SSSR count). The highest BCUT2D eigenvalue weighted by Crippen LogP contribution is 2.52. The van der Waals surface area contributed by atoms with Crippen molar-refractivity contribution in [3.05, 3.63) is 80.9 Å². The van der Waals surface area contributed by atoms with Crippen molar-refractivity contribution in [2.75, 3.05) is 0 Å². The zero-order valence-electron chi connectivity index (χ0n) is 16.8. The maximum atomic E-state index is 12.8. The number of fused-ring (bicyclic) bond motifs is 5. The maximum Gasteiger partial charge on any atom is 0.311 e. The topological polar surface area (TPSA) is 102 Å². The zero-order valence-corrected chi connectivity index (χ0v) is 17.5. The van der Waals surface area contributed by atoms with E-state index >= 15 is 0 Å². The lowest BCUT2D eigenvalue weighted by Crippen LogP contribution is -2.28. The van der Waals surface area contributed by atoms with E-state index in [1.165, 1.54) is 18.3 Å². The van der Waals surface area contributed by atoms with Crippen LogP contribution in [0.15, 0.2) is 59.7 Å². The van der Waals surface area contributed by atoms with Crippen molar-refractivity contribution in [2.24, 2.45) is 28.8 Å². The minimum absolute atomic E-state index is 0.00607. The summed E-state index contributed by atoms with van der Waals surface area (Å²) in [6.07, 6.45) is 6.10. The van der Waals surface area contributed by atoms with Gasteiger partial charge in [0.25, 0.3) is 11.8 Å². The highest BCUT2D eigenvalue weighted by molar-refractivity contribution is 6.31. The molecule has 1 saturated heterocycles. The zero-order chi connectivity index (χ0) is 22.4. The van der Waals surface area contributed by atoms with Crippen LogP contribution in [0.5, 0.6) is 5.75 Å². The first-order valence-electron chi connectivity index (χ1n) is 10.2. The number of benzene rings is 2. The summed E-state index contributed by atoms with van der Waals surface area (Å²) in [6.45, 7) is 0.00607. The molecule has 1 heterocycles. The summed E-state index contributed by atoms with van der Waals surface area (Å²) < 4.78 is 5.77. The van der Waals surface area contributed by atoms with Crippen molar-refractivity contribution in [1.82, 2.24) is 5.01 Å². The van der Waals surface area contributed by atoms with Gasteiger partial charge in [-0.1, -0.05) is 48.0 Å². The molecule has 1 saturated carbocycles. The molecular weight excluding hydrogens is 434 g/mol. The number of halogens is 1. The van der Waals surface area contributed by atoms with Gasteiger partial charge < -0.3 is 4.74 Å². The third kappa shape index (κ3) is 3.27. The maximum absolute atomic E-state index is 12.8. The van der Waals surface area contributed by atoms with Crippen LogP contribution in [0.4, 0.5) is 5.69 Å². The fraction of sp³-hybridized carbons (Fsp3) is 0.261. The number of nitro benzene ring substituents is 1. The second-order valence-electron chi connectivity index (χ2n) is 8.07. The first kappa shape index (κ1) is 20.4. The number of amides is 2. The molecule has 0 unspecified atom stereocenters. The van der Waals surface area contributed by atoms with Crippen molar-refractivity contribution in [2.45, 2.75) is 13.0 Å². The number of para-hydroxylation sites is 1. The first-order chi connectivity index (χ1) is 15.5. The molecule has 0 N–H and O–H groups in total. The Hall–Kier alpha value is -3.52. The van der Waals surface area contributed by atoms with Crippen LogP contribution in [0.3, 0.4) is 0 Å². The van der Waals surface area contributed by atoms with Crippen molar-refractivity contribution in [3.8, 4) is 5.75 Å². The van der Waals surface area contributed by atoms with E-state index in [1.54, 1.807) is 30.3 Å². The highest BCUT2D eigenvalue weighted by Gasteiger charge is 2.59. The number of nitrogens with zero attached hydrogens (tertiary/aromatic N) is 3.